The summed E-state index contributed by atoms with van der Waals surface area (Å²) in [5.41, 5.74) is 1.71. The Labute approximate surface area is 153 Å². The fourth-order valence-corrected chi connectivity index (χ4v) is 3.01. The van der Waals surface area contributed by atoms with Gasteiger partial charge < -0.3 is 14.3 Å². The Kier molecular flexibility index (Phi) is 5.78. The minimum atomic E-state index is -0.0946. The number of thioether (sulfide) groups is 1. The number of carbonyl (C=O) groups excluding carboxylic acids is 1. The van der Waals surface area contributed by atoms with E-state index in [2.05, 4.69) is 15.5 Å². The van der Waals surface area contributed by atoms with Crippen LogP contribution in [0.1, 0.15) is 17.9 Å². The molecule has 0 aliphatic carbocycles. The molecule has 0 aliphatic rings. The van der Waals surface area contributed by atoms with Crippen LogP contribution in [0.5, 0.6) is 0 Å². The predicted molar refractivity (Wildman–Crippen MR) is 97.6 cm³/mol. The lowest BCUT2D eigenvalue weighted by atomic mass is 10.2. The molecule has 0 unspecified atom stereocenters. The van der Waals surface area contributed by atoms with Crippen LogP contribution in [0.2, 0.25) is 5.02 Å². The standard InChI is InChI=1S/C17H16ClN3O3S/c1-11-8-15(21-24-11)20-16(22)6-7-25-10-14-9-23-17(19-14)12-2-4-13(18)5-3-12/h2-5,8-9H,6-7,10H2,1H3,(H,20,21,22). The maximum atomic E-state index is 11.8. The summed E-state index contributed by atoms with van der Waals surface area (Å²) in [5.74, 6) is 2.91. The lowest BCUT2D eigenvalue weighted by Gasteiger charge is -2.00. The first-order chi connectivity index (χ1) is 12.1. The highest BCUT2D eigenvalue weighted by molar-refractivity contribution is 7.98. The number of amides is 1. The molecule has 0 spiro atoms. The van der Waals surface area contributed by atoms with Crippen molar-refractivity contribution in [2.75, 3.05) is 11.1 Å². The molecule has 3 rings (SSSR count). The van der Waals surface area contributed by atoms with E-state index in [1.54, 1.807) is 43.1 Å². The maximum absolute atomic E-state index is 11.8. The van der Waals surface area contributed by atoms with E-state index in [9.17, 15) is 4.79 Å². The first kappa shape index (κ1) is 17.6. The topological polar surface area (TPSA) is 81.2 Å². The molecule has 25 heavy (non-hydrogen) atoms. The van der Waals surface area contributed by atoms with Crippen molar-refractivity contribution in [2.45, 2.75) is 19.1 Å². The first-order valence-electron chi connectivity index (χ1n) is 7.61. The first-order valence-corrected chi connectivity index (χ1v) is 9.14. The molecule has 0 bridgehead atoms. The van der Waals surface area contributed by atoms with Gasteiger partial charge in [0.1, 0.15) is 12.0 Å². The van der Waals surface area contributed by atoms with Crippen molar-refractivity contribution in [3.8, 4) is 11.5 Å². The van der Waals surface area contributed by atoms with E-state index < -0.39 is 0 Å². The number of aromatic nitrogens is 2. The van der Waals surface area contributed by atoms with Crippen molar-refractivity contribution in [3.05, 3.63) is 53.1 Å². The van der Waals surface area contributed by atoms with Crippen molar-refractivity contribution in [2.24, 2.45) is 0 Å². The van der Waals surface area contributed by atoms with Gasteiger partial charge in [0, 0.05) is 34.6 Å². The maximum Gasteiger partial charge on any atom is 0.226 e. The zero-order chi connectivity index (χ0) is 17.6. The molecule has 8 heteroatoms. The molecule has 0 saturated heterocycles. The normalized spacial score (nSPS) is 10.8. The number of aryl methyl sites for hydroxylation is 1. The van der Waals surface area contributed by atoms with Gasteiger partial charge in [0.05, 0.1) is 5.69 Å². The number of nitrogens with one attached hydrogen (secondary N) is 1. The third-order valence-corrected chi connectivity index (χ3v) is 4.51. The minimum Gasteiger partial charge on any atom is -0.444 e. The molecule has 2 aromatic heterocycles. The fourth-order valence-electron chi connectivity index (χ4n) is 2.07. The number of oxazole rings is 1. The molecule has 6 nitrogen and oxygen atoms in total. The van der Waals surface area contributed by atoms with E-state index in [1.165, 1.54) is 0 Å². The number of nitrogens with zero attached hydrogens (tertiary/aromatic N) is 2. The molecule has 1 N–H and O–H groups in total. The zero-order valence-corrected chi connectivity index (χ0v) is 15.1. The van der Waals surface area contributed by atoms with Gasteiger partial charge in [-0.15, -0.1) is 0 Å². The molecule has 1 aromatic carbocycles. The number of rotatable bonds is 7. The summed E-state index contributed by atoms with van der Waals surface area (Å²) in [6, 6.07) is 9.00. The third-order valence-electron chi connectivity index (χ3n) is 3.26. The second-order valence-corrected chi connectivity index (χ2v) is 6.87. The van der Waals surface area contributed by atoms with Crippen LogP contribution >= 0.6 is 23.4 Å². The average Bonchev–Trinajstić information content (AvgIpc) is 3.21. The summed E-state index contributed by atoms with van der Waals surface area (Å²) in [6.45, 7) is 1.77. The van der Waals surface area contributed by atoms with Crippen LogP contribution < -0.4 is 5.32 Å². The van der Waals surface area contributed by atoms with E-state index in [1.807, 2.05) is 12.1 Å². The van der Waals surface area contributed by atoms with Crippen LogP contribution in [0.25, 0.3) is 11.5 Å². The molecule has 1 amide bonds. The van der Waals surface area contributed by atoms with Crippen molar-refractivity contribution in [1.82, 2.24) is 10.1 Å². The number of anilines is 1. The highest BCUT2D eigenvalue weighted by Crippen LogP contribution is 2.22. The summed E-state index contributed by atoms with van der Waals surface area (Å²) in [4.78, 5) is 16.2. The van der Waals surface area contributed by atoms with Gasteiger partial charge in [-0.05, 0) is 31.2 Å². The summed E-state index contributed by atoms with van der Waals surface area (Å²) in [6.07, 6.45) is 2.02. The predicted octanol–water partition coefficient (Wildman–Crippen LogP) is 4.55. The summed E-state index contributed by atoms with van der Waals surface area (Å²) in [7, 11) is 0. The van der Waals surface area contributed by atoms with Gasteiger partial charge >= 0.3 is 0 Å². The second-order valence-electron chi connectivity index (χ2n) is 5.32. The Balaban J connectivity index is 1.42. The molecule has 0 radical (unpaired) electrons. The second kappa shape index (κ2) is 8.22. The Morgan fingerprint density at radius 1 is 1.32 bits per heavy atom. The summed E-state index contributed by atoms with van der Waals surface area (Å²) < 4.78 is 10.4. The SMILES string of the molecule is Cc1cc(NC(=O)CCSCc2coc(-c3ccc(Cl)cc3)n2)no1. The van der Waals surface area contributed by atoms with E-state index in [4.69, 9.17) is 20.5 Å². The highest BCUT2D eigenvalue weighted by Gasteiger charge is 2.09. The molecular formula is C17H16ClN3O3S. The smallest absolute Gasteiger partial charge is 0.226 e. The largest absolute Gasteiger partial charge is 0.444 e. The lowest BCUT2D eigenvalue weighted by molar-refractivity contribution is -0.115. The monoisotopic (exact) mass is 377 g/mol. The van der Waals surface area contributed by atoms with Gasteiger partial charge in [-0.25, -0.2) is 4.98 Å². The molecule has 130 valence electrons. The van der Waals surface area contributed by atoms with Crippen LogP contribution in [0, 0.1) is 6.92 Å². The molecular weight excluding hydrogens is 362 g/mol. The number of hydrogen-bond donors (Lipinski definition) is 1. The Hall–Kier alpha value is -2.25. The van der Waals surface area contributed by atoms with Crippen LogP contribution in [0.3, 0.4) is 0 Å². The Morgan fingerprint density at radius 2 is 2.12 bits per heavy atom. The molecule has 0 aliphatic heterocycles. The van der Waals surface area contributed by atoms with E-state index >= 15 is 0 Å². The quantitative estimate of drug-likeness (QED) is 0.608. The van der Waals surface area contributed by atoms with Crippen molar-refractivity contribution in [1.29, 1.82) is 0 Å². The molecule has 0 fully saturated rings. The molecule has 0 saturated carbocycles. The minimum absolute atomic E-state index is 0.0946. The van der Waals surface area contributed by atoms with Crippen LogP contribution in [-0.4, -0.2) is 21.8 Å². The van der Waals surface area contributed by atoms with Gasteiger partial charge in [-0.3, -0.25) is 4.79 Å². The fraction of sp³-hybridized carbons (Fsp3) is 0.235. The van der Waals surface area contributed by atoms with Crippen LogP contribution in [-0.2, 0) is 10.5 Å². The highest BCUT2D eigenvalue weighted by atomic mass is 35.5. The zero-order valence-electron chi connectivity index (χ0n) is 13.5. The van der Waals surface area contributed by atoms with E-state index in [0.29, 0.717) is 40.4 Å². The van der Waals surface area contributed by atoms with Crippen molar-refractivity contribution < 1.29 is 13.7 Å². The van der Waals surface area contributed by atoms with Crippen LogP contribution in [0.15, 0.2) is 45.5 Å². The number of benzene rings is 1. The lowest BCUT2D eigenvalue weighted by Crippen LogP contribution is -2.12. The van der Waals surface area contributed by atoms with Crippen molar-refractivity contribution >= 4 is 35.1 Å². The molecule has 3 aromatic rings. The van der Waals surface area contributed by atoms with Crippen LogP contribution in [0.4, 0.5) is 5.82 Å². The average molecular weight is 378 g/mol. The summed E-state index contributed by atoms with van der Waals surface area (Å²) in [5, 5.41) is 7.09. The molecule has 2 heterocycles. The van der Waals surface area contributed by atoms with Gasteiger partial charge in [-0.2, -0.15) is 11.8 Å². The molecule has 0 atom stereocenters. The summed E-state index contributed by atoms with van der Waals surface area (Å²) >= 11 is 7.48. The Morgan fingerprint density at radius 3 is 2.84 bits per heavy atom. The van der Waals surface area contributed by atoms with Gasteiger partial charge in [0.15, 0.2) is 5.82 Å². The van der Waals surface area contributed by atoms with E-state index in [-0.39, 0.29) is 5.91 Å². The van der Waals surface area contributed by atoms with Gasteiger partial charge in [0.2, 0.25) is 11.8 Å². The number of carbonyl (C=O) groups is 1. The van der Waals surface area contributed by atoms with Crippen molar-refractivity contribution in [3.63, 3.8) is 0 Å². The number of halogens is 1. The van der Waals surface area contributed by atoms with Gasteiger partial charge in [0.25, 0.3) is 0 Å². The number of hydrogen-bond acceptors (Lipinski definition) is 6. The Bertz CT molecular complexity index is 845. The van der Waals surface area contributed by atoms with Gasteiger partial charge in [-0.1, -0.05) is 16.8 Å². The van der Waals surface area contributed by atoms with E-state index in [0.717, 1.165) is 11.3 Å². The third kappa shape index (κ3) is 5.11.